The van der Waals surface area contributed by atoms with Crippen LogP contribution in [0, 0.1) is 17.0 Å². The molecule has 0 aromatic heterocycles. The molecule has 1 heterocycles. The van der Waals surface area contributed by atoms with Gasteiger partial charge in [-0.3, -0.25) is 14.9 Å². The Morgan fingerprint density at radius 2 is 1.48 bits per heavy atom. The van der Waals surface area contributed by atoms with Gasteiger partial charge in [0.2, 0.25) is 10.0 Å². The topological polar surface area (TPSA) is 101 Å². The van der Waals surface area contributed by atoms with Crippen molar-refractivity contribution >= 4 is 21.6 Å². The number of hydrogen-bond donors (Lipinski definition) is 0. The minimum Gasteiger partial charge on any atom is -0.336 e. The number of sulfonamides is 1. The Kier molecular flexibility index (Phi) is 6.26. The summed E-state index contributed by atoms with van der Waals surface area (Å²) in [6.07, 6.45) is 0. The van der Waals surface area contributed by atoms with Gasteiger partial charge >= 0.3 is 0 Å². The molecule has 1 saturated heterocycles. The normalized spacial score (nSPS) is 14.8. The van der Waals surface area contributed by atoms with Crippen LogP contribution in [-0.2, 0) is 10.0 Å². The van der Waals surface area contributed by atoms with E-state index in [4.69, 9.17) is 0 Å². The summed E-state index contributed by atoms with van der Waals surface area (Å²) in [7, 11) is -3.91. The molecule has 8 nitrogen and oxygen atoms in total. The molecule has 0 saturated carbocycles. The van der Waals surface area contributed by atoms with E-state index >= 15 is 0 Å². The number of benzene rings is 3. The van der Waals surface area contributed by atoms with Crippen LogP contribution < -0.4 is 0 Å². The third kappa shape index (κ3) is 4.64. The fraction of sp³-hybridized carbons (Fsp3) is 0.208. The second-order valence-corrected chi connectivity index (χ2v) is 9.75. The van der Waals surface area contributed by atoms with E-state index in [1.165, 1.54) is 16.4 Å². The van der Waals surface area contributed by atoms with Crippen molar-refractivity contribution in [3.63, 3.8) is 0 Å². The number of nitro benzene ring substituents is 1. The molecular formula is C24H23N3O5S. The molecule has 0 radical (unpaired) electrons. The lowest BCUT2D eigenvalue weighted by atomic mass is 10.0. The first-order valence-corrected chi connectivity index (χ1v) is 11.9. The van der Waals surface area contributed by atoms with Gasteiger partial charge in [0.25, 0.3) is 11.6 Å². The number of non-ortho nitro benzene ring substituents is 1. The molecule has 3 aromatic rings. The van der Waals surface area contributed by atoms with Gasteiger partial charge < -0.3 is 4.90 Å². The van der Waals surface area contributed by atoms with E-state index in [1.807, 2.05) is 42.5 Å². The molecule has 0 spiro atoms. The summed E-state index contributed by atoms with van der Waals surface area (Å²) in [5.74, 6) is -0.154. The highest BCUT2D eigenvalue weighted by atomic mass is 32.2. The van der Waals surface area contributed by atoms with Crippen LogP contribution in [0.3, 0.4) is 0 Å². The minimum absolute atomic E-state index is 0.0759. The van der Waals surface area contributed by atoms with Gasteiger partial charge in [-0.2, -0.15) is 4.31 Å². The molecule has 1 fully saturated rings. The van der Waals surface area contributed by atoms with Gasteiger partial charge in [-0.15, -0.1) is 0 Å². The molecule has 0 atom stereocenters. The molecule has 0 aliphatic carbocycles. The first-order valence-electron chi connectivity index (χ1n) is 10.5. The average Bonchev–Trinajstić information content (AvgIpc) is 2.84. The molecule has 1 aliphatic heterocycles. The molecular weight excluding hydrogens is 442 g/mol. The lowest BCUT2D eigenvalue weighted by molar-refractivity contribution is -0.385. The highest BCUT2D eigenvalue weighted by Gasteiger charge is 2.32. The van der Waals surface area contributed by atoms with Crippen molar-refractivity contribution in [3.8, 4) is 11.1 Å². The largest absolute Gasteiger partial charge is 0.336 e. The van der Waals surface area contributed by atoms with E-state index in [1.54, 1.807) is 24.0 Å². The lowest BCUT2D eigenvalue weighted by Gasteiger charge is -2.34. The molecule has 4 rings (SSSR count). The Balaban J connectivity index is 1.45. The Bertz CT molecular complexity index is 1280. The maximum Gasteiger partial charge on any atom is 0.270 e. The van der Waals surface area contributed by atoms with Crippen molar-refractivity contribution in [2.75, 3.05) is 26.2 Å². The molecule has 33 heavy (non-hydrogen) atoms. The third-order valence-corrected chi connectivity index (χ3v) is 7.81. The summed E-state index contributed by atoms with van der Waals surface area (Å²) >= 11 is 0. The van der Waals surface area contributed by atoms with Crippen LogP contribution in [0.25, 0.3) is 11.1 Å². The maximum absolute atomic E-state index is 13.1. The zero-order valence-corrected chi connectivity index (χ0v) is 18.9. The second kappa shape index (κ2) is 9.13. The standard InChI is InChI=1S/C24H23N3O5S/c1-18-7-12-22(27(29)30)17-23(18)33(31,32)26-15-13-25(14-16-26)24(28)21-10-8-20(9-11-21)19-5-3-2-4-6-19/h2-12,17H,13-16H2,1H3. The molecule has 0 unspecified atom stereocenters. The smallest absolute Gasteiger partial charge is 0.270 e. The SMILES string of the molecule is Cc1ccc([N+](=O)[O-])cc1S(=O)(=O)N1CCN(C(=O)c2ccc(-c3ccccc3)cc2)CC1. The molecule has 0 bridgehead atoms. The summed E-state index contributed by atoms with van der Waals surface area (Å²) in [6.45, 7) is 2.34. The van der Waals surface area contributed by atoms with Crippen molar-refractivity contribution in [1.82, 2.24) is 9.21 Å². The van der Waals surface area contributed by atoms with Crippen molar-refractivity contribution < 1.29 is 18.1 Å². The highest BCUT2D eigenvalue weighted by molar-refractivity contribution is 7.89. The van der Waals surface area contributed by atoms with Crippen LogP contribution in [0.2, 0.25) is 0 Å². The summed E-state index contributed by atoms with van der Waals surface area (Å²) in [5.41, 5.74) is 2.78. The first-order chi connectivity index (χ1) is 15.8. The maximum atomic E-state index is 13.1. The number of carbonyl (C=O) groups excluding carboxylic acids is 1. The number of nitrogens with zero attached hydrogens (tertiary/aromatic N) is 3. The van der Waals surface area contributed by atoms with E-state index in [0.29, 0.717) is 11.1 Å². The van der Waals surface area contributed by atoms with Gasteiger partial charge in [-0.05, 0) is 35.7 Å². The van der Waals surface area contributed by atoms with Gasteiger partial charge in [0.1, 0.15) is 0 Å². The third-order valence-electron chi connectivity index (χ3n) is 5.77. The first kappa shape index (κ1) is 22.6. The van der Waals surface area contributed by atoms with Crippen LogP contribution in [0.15, 0.2) is 77.7 Å². The predicted molar refractivity (Wildman–Crippen MR) is 124 cm³/mol. The number of aryl methyl sites for hydroxylation is 1. The fourth-order valence-electron chi connectivity index (χ4n) is 3.87. The zero-order chi connectivity index (χ0) is 23.6. The van der Waals surface area contributed by atoms with Gasteiger partial charge in [-0.1, -0.05) is 48.5 Å². The van der Waals surface area contributed by atoms with E-state index in [2.05, 4.69) is 0 Å². The number of amides is 1. The van der Waals surface area contributed by atoms with Crippen LogP contribution in [0.5, 0.6) is 0 Å². The highest BCUT2D eigenvalue weighted by Crippen LogP contribution is 2.26. The Labute approximate surface area is 192 Å². The summed E-state index contributed by atoms with van der Waals surface area (Å²) in [4.78, 5) is 24.9. The molecule has 170 valence electrons. The van der Waals surface area contributed by atoms with Crippen molar-refractivity contribution in [2.45, 2.75) is 11.8 Å². The van der Waals surface area contributed by atoms with Crippen molar-refractivity contribution in [2.24, 2.45) is 0 Å². The van der Waals surface area contributed by atoms with Crippen LogP contribution >= 0.6 is 0 Å². The van der Waals surface area contributed by atoms with Crippen LogP contribution in [0.4, 0.5) is 5.69 Å². The molecule has 1 amide bonds. The zero-order valence-electron chi connectivity index (χ0n) is 18.0. The summed E-state index contributed by atoms with van der Waals surface area (Å²) in [6, 6.07) is 21.0. The van der Waals surface area contributed by atoms with Gasteiger partial charge in [0.05, 0.1) is 9.82 Å². The van der Waals surface area contributed by atoms with Gasteiger partial charge in [0, 0.05) is 43.9 Å². The molecule has 1 aliphatic rings. The fourth-order valence-corrected chi connectivity index (χ4v) is 5.54. The number of rotatable bonds is 5. The number of hydrogen-bond acceptors (Lipinski definition) is 5. The number of nitro groups is 1. The van der Waals surface area contributed by atoms with E-state index < -0.39 is 14.9 Å². The number of piperazine rings is 1. The summed E-state index contributed by atoms with van der Waals surface area (Å²) < 4.78 is 27.5. The van der Waals surface area contributed by atoms with Crippen LogP contribution in [0.1, 0.15) is 15.9 Å². The van der Waals surface area contributed by atoms with Crippen LogP contribution in [-0.4, -0.2) is 54.6 Å². The lowest BCUT2D eigenvalue weighted by Crippen LogP contribution is -2.50. The Morgan fingerprint density at radius 1 is 0.879 bits per heavy atom. The van der Waals surface area contributed by atoms with Crippen molar-refractivity contribution in [3.05, 3.63) is 94.0 Å². The Hall–Kier alpha value is -3.56. The molecule has 9 heteroatoms. The predicted octanol–water partition coefficient (Wildman–Crippen LogP) is 3.72. The summed E-state index contributed by atoms with van der Waals surface area (Å²) in [5, 5.41) is 11.1. The number of carbonyl (C=O) groups is 1. The van der Waals surface area contributed by atoms with Gasteiger partial charge in [0.15, 0.2) is 0 Å². The second-order valence-electron chi connectivity index (χ2n) is 7.85. The average molecular weight is 466 g/mol. The molecule has 0 N–H and O–H groups in total. The Morgan fingerprint density at radius 3 is 2.09 bits per heavy atom. The minimum atomic E-state index is -3.91. The molecule has 3 aromatic carbocycles. The monoisotopic (exact) mass is 465 g/mol. The quantitative estimate of drug-likeness (QED) is 0.422. The van der Waals surface area contributed by atoms with E-state index in [0.717, 1.165) is 17.2 Å². The van der Waals surface area contributed by atoms with E-state index in [-0.39, 0.29) is 42.7 Å². The van der Waals surface area contributed by atoms with Gasteiger partial charge in [-0.25, -0.2) is 8.42 Å². The van der Waals surface area contributed by atoms with E-state index in [9.17, 15) is 23.3 Å². The van der Waals surface area contributed by atoms with Crippen molar-refractivity contribution in [1.29, 1.82) is 0 Å².